The van der Waals surface area contributed by atoms with Crippen LogP contribution in [0.2, 0.25) is 0 Å². The molecule has 13 heteroatoms. The van der Waals surface area contributed by atoms with Crippen molar-refractivity contribution in [2.45, 2.75) is 64.7 Å². The first-order valence-corrected chi connectivity index (χ1v) is 11.6. The van der Waals surface area contributed by atoms with E-state index >= 15 is 0 Å². The number of nitrogens with zero attached hydrogens (tertiary/aromatic N) is 2. The zero-order valence-electron chi connectivity index (χ0n) is 20.7. The molecule has 0 spiro atoms. The minimum absolute atomic E-state index is 0.0767. The number of alkyl halides is 9. The van der Waals surface area contributed by atoms with E-state index < -0.39 is 59.5 Å². The maximum absolute atomic E-state index is 13.5. The predicted molar refractivity (Wildman–Crippen MR) is 123 cm³/mol. The van der Waals surface area contributed by atoms with Gasteiger partial charge in [-0.25, -0.2) is 4.79 Å². The Bertz CT molecular complexity index is 1070. The largest absolute Gasteiger partial charge is 0.465 e. The van der Waals surface area contributed by atoms with E-state index in [1.165, 1.54) is 13.0 Å². The van der Waals surface area contributed by atoms with Gasteiger partial charge in [-0.05, 0) is 67.3 Å². The first kappa shape index (κ1) is 31.1. The van der Waals surface area contributed by atoms with Crippen molar-refractivity contribution in [3.05, 3.63) is 64.2 Å². The summed E-state index contributed by atoms with van der Waals surface area (Å²) in [6.07, 6.45) is -15.6. The first-order valence-electron chi connectivity index (χ1n) is 11.6. The molecule has 0 fully saturated rings. The fourth-order valence-electron chi connectivity index (χ4n) is 4.09. The maximum atomic E-state index is 13.5. The van der Waals surface area contributed by atoms with Gasteiger partial charge < -0.3 is 10.0 Å². The summed E-state index contributed by atoms with van der Waals surface area (Å²) in [5, 5.41) is 9.84. The van der Waals surface area contributed by atoms with Crippen LogP contribution in [0, 0.1) is 0 Å². The predicted octanol–water partition coefficient (Wildman–Crippen LogP) is 8.61. The van der Waals surface area contributed by atoms with Gasteiger partial charge in [0.05, 0.1) is 22.7 Å². The molecule has 1 amide bonds. The quantitative estimate of drug-likeness (QED) is 0.314. The summed E-state index contributed by atoms with van der Waals surface area (Å²) in [7, 11) is 0. The van der Waals surface area contributed by atoms with Gasteiger partial charge in [-0.2, -0.15) is 39.5 Å². The first-order chi connectivity index (χ1) is 17.4. The number of carboxylic acid groups (broad SMARTS) is 1. The molecule has 2 rings (SSSR count). The second-order valence-electron chi connectivity index (χ2n) is 8.76. The van der Waals surface area contributed by atoms with E-state index in [1.807, 2.05) is 13.8 Å². The highest BCUT2D eigenvalue weighted by Crippen LogP contribution is 2.39. The van der Waals surface area contributed by atoms with E-state index in [1.54, 1.807) is 4.90 Å². The number of hydrogen-bond donors (Lipinski definition) is 1. The molecule has 2 aromatic carbocycles. The van der Waals surface area contributed by atoms with E-state index in [9.17, 15) is 49.4 Å². The molecule has 0 aromatic heterocycles. The number of hydrogen-bond acceptors (Lipinski definition) is 2. The van der Waals surface area contributed by atoms with Crippen LogP contribution < -0.4 is 4.90 Å². The minimum Gasteiger partial charge on any atom is -0.465 e. The van der Waals surface area contributed by atoms with Crippen molar-refractivity contribution >= 4 is 11.8 Å². The summed E-state index contributed by atoms with van der Waals surface area (Å²) in [5.41, 5.74) is -4.73. The highest BCUT2D eigenvalue weighted by atomic mass is 19.4. The van der Waals surface area contributed by atoms with Gasteiger partial charge in [-0.3, -0.25) is 4.90 Å². The third kappa shape index (κ3) is 7.70. The van der Waals surface area contributed by atoms with E-state index in [2.05, 4.69) is 0 Å². The summed E-state index contributed by atoms with van der Waals surface area (Å²) < 4.78 is 120. The molecule has 1 atom stereocenters. The van der Waals surface area contributed by atoms with Crippen LogP contribution in [0.1, 0.15) is 67.5 Å². The molecular formula is C25H27F9N2O2. The summed E-state index contributed by atoms with van der Waals surface area (Å²) in [4.78, 5) is 14.4. The number of benzene rings is 2. The zero-order chi connectivity index (χ0) is 29.1. The Morgan fingerprint density at radius 1 is 0.789 bits per heavy atom. The molecule has 212 valence electrons. The van der Waals surface area contributed by atoms with Crippen molar-refractivity contribution < 1.29 is 49.4 Å². The normalized spacial score (nSPS) is 13.4. The Morgan fingerprint density at radius 2 is 1.26 bits per heavy atom. The Labute approximate surface area is 213 Å². The number of anilines is 1. The number of amides is 1. The molecule has 0 aliphatic rings. The van der Waals surface area contributed by atoms with Crippen molar-refractivity contribution in [2.24, 2.45) is 0 Å². The van der Waals surface area contributed by atoms with Crippen LogP contribution in [0.15, 0.2) is 36.4 Å². The van der Waals surface area contributed by atoms with E-state index in [0.29, 0.717) is 48.7 Å². The molecule has 1 N–H and O–H groups in total. The minimum atomic E-state index is -5.15. The molecule has 38 heavy (non-hydrogen) atoms. The molecular weight excluding hydrogens is 531 g/mol. The van der Waals surface area contributed by atoms with Crippen LogP contribution in [0.25, 0.3) is 0 Å². The lowest BCUT2D eigenvalue weighted by atomic mass is 9.98. The summed E-state index contributed by atoms with van der Waals surface area (Å²) in [5.74, 6) is 0. The van der Waals surface area contributed by atoms with Gasteiger partial charge in [0.25, 0.3) is 0 Å². The fraction of sp³-hybridized carbons (Fsp3) is 0.480. The van der Waals surface area contributed by atoms with Crippen LogP contribution in [-0.4, -0.2) is 29.2 Å². The summed E-state index contributed by atoms with van der Waals surface area (Å²) in [6, 6.07) is 2.16. The molecule has 0 saturated heterocycles. The van der Waals surface area contributed by atoms with Gasteiger partial charge >= 0.3 is 24.6 Å². The van der Waals surface area contributed by atoms with E-state index in [4.69, 9.17) is 0 Å². The van der Waals surface area contributed by atoms with Gasteiger partial charge in [-0.15, -0.1) is 0 Å². The second-order valence-corrected chi connectivity index (χ2v) is 8.76. The average Bonchev–Trinajstić information content (AvgIpc) is 2.79. The lowest BCUT2D eigenvalue weighted by molar-refractivity contribution is -0.143. The SMILES string of the molecule is CCCN(CCC)c1ccc(C(F)(F)F)cc1C(C)N(Cc1cc(C(F)(F)F)cc(C(F)(F)F)c1)C(=O)O. The van der Waals surface area contributed by atoms with Crippen molar-refractivity contribution in [1.29, 1.82) is 0 Å². The lowest BCUT2D eigenvalue weighted by Gasteiger charge is -2.33. The number of rotatable bonds is 9. The van der Waals surface area contributed by atoms with Gasteiger partial charge in [0.1, 0.15) is 0 Å². The zero-order valence-corrected chi connectivity index (χ0v) is 20.7. The second kappa shape index (κ2) is 11.7. The van der Waals surface area contributed by atoms with Crippen molar-refractivity contribution in [3.63, 3.8) is 0 Å². The third-order valence-electron chi connectivity index (χ3n) is 5.85. The van der Waals surface area contributed by atoms with Crippen molar-refractivity contribution in [1.82, 2.24) is 4.90 Å². The molecule has 0 heterocycles. The number of carbonyl (C=O) groups is 1. The molecule has 0 radical (unpaired) electrons. The Hall–Kier alpha value is -3.12. The lowest BCUT2D eigenvalue weighted by Crippen LogP contribution is -2.34. The monoisotopic (exact) mass is 558 g/mol. The Balaban J connectivity index is 2.66. The average molecular weight is 558 g/mol. The Kier molecular flexibility index (Phi) is 9.60. The standard InChI is InChI=1S/C25H27F9N2O2/c1-4-8-35(9-5-2)21-7-6-17(23(26,27)28)13-20(21)15(3)36(22(37)38)14-16-10-18(24(29,30)31)12-19(11-16)25(32,33)34/h6-7,10-13,15H,4-5,8-9,14H2,1-3H3,(H,37,38). The van der Waals surface area contributed by atoms with Crippen LogP contribution in [0.4, 0.5) is 50.0 Å². The summed E-state index contributed by atoms with van der Waals surface area (Å²) >= 11 is 0. The smallest absolute Gasteiger partial charge is 0.416 e. The topological polar surface area (TPSA) is 43.8 Å². The highest BCUT2D eigenvalue weighted by molar-refractivity contribution is 5.67. The molecule has 0 aliphatic heterocycles. The van der Waals surface area contributed by atoms with Crippen LogP contribution in [0.5, 0.6) is 0 Å². The van der Waals surface area contributed by atoms with Crippen LogP contribution in [-0.2, 0) is 25.1 Å². The number of halogens is 9. The molecule has 2 aromatic rings. The molecule has 1 unspecified atom stereocenters. The van der Waals surface area contributed by atoms with Gasteiger partial charge in [-0.1, -0.05) is 13.8 Å². The Morgan fingerprint density at radius 3 is 1.66 bits per heavy atom. The van der Waals surface area contributed by atoms with Crippen LogP contribution >= 0.6 is 0 Å². The van der Waals surface area contributed by atoms with Gasteiger partial charge in [0.15, 0.2) is 0 Å². The molecule has 4 nitrogen and oxygen atoms in total. The van der Waals surface area contributed by atoms with Crippen molar-refractivity contribution in [2.75, 3.05) is 18.0 Å². The maximum Gasteiger partial charge on any atom is 0.416 e. The highest BCUT2D eigenvalue weighted by Gasteiger charge is 2.38. The van der Waals surface area contributed by atoms with E-state index in [-0.39, 0.29) is 11.6 Å². The van der Waals surface area contributed by atoms with E-state index in [0.717, 1.165) is 12.1 Å². The third-order valence-corrected chi connectivity index (χ3v) is 5.85. The van der Waals surface area contributed by atoms with Gasteiger partial charge in [0.2, 0.25) is 0 Å². The molecule has 0 saturated carbocycles. The summed E-state index contributed by atoms with van der Waals surface area (Å²) in [6.45, 7) is 4.84. The van der Waals surface area contributed by atoms with Crippen LogP contribution in [0.3, 0.4) is 0 Å². The van der Waals surface area contributed by atoms with Gasteiger partial charge in [0, 0.05) is 25.3 Å². The van der Waals surface area contributed by atoms with Crippen molar-refractivity contribution in [3.8, 4) is 0 Å². The fourth-order valence-corrected chi connectivity index (χ4v) is 4.09. The molecule has 0 bridgehead atoms. The molecule has 0 aliphatic carbocycles.